The number of hydrogen-bond acceptors (Lipinski definition) is 6. The first-order valence-electron chi connectivity index (χ1n) is 9.58. The average Bonchev–Trinajstić information content (AvgIpc) is 3.48. The van der Waals surface area contributed by atoms with Gasteiger partial charge in [-0.2, -0.15) is 0 Å². The second-order valence-corrected chi connectivity index (χ2v) is 8.06. The third kappa shape index (κ3) is 4.98. The second-order valence-electron chi connectivity index (χ2n) is 7.13. The number of amides is 1. The number of ether oxygens (including phenoxy) is 1. The van der Waals surface area contributed by atoms with Crippen LogP contribution in [0.4, 0.5) is 0 Å². The zero-order chi connectivity index (χ0) is 20.2. The smallest absolute Gasteiger partial charge is 0.277 e. The van der Waals surface area contributed by atoms with E-state index in [2.05, 4.69) is 10.2 Å². The average molecular weight is 410 g/mol. The van der Waals surface area contributed by atoms with Crippen molar-refractivity contribution >= 4 is 17.7 Å². The molecule has 1 aliphatic carbocycles. The molecule has 29 heavy (non-hydrogen) atoms. The first-order chi connectivity index (χ1) is 14.1. The lowest BCUT2D eigenvalue weighted by Crippen LogP contribution is -2.33. The van der Waals surface area contributed by atoms with Crippen LogP contribution >= 0.6 is 11.8 Å². The minimum absolute atomic E-state index is 0.0865. The van der Waals surface area contributed by atoms with E-state index in [0.717, 1.165) is 29.7 Å². The summed E-state index contributed by atoms with van der Waals surface area (Å²) in [4.78, 5) is 14.8. The number of rotatable bonds is 8. The molecule has 1 fully saturated rings. The van der Waals surface area contributed by atoms with Gasteiger partial charge in [-0.05, 0) is 49.6 Å². The number of methoxy groups -OCH3 is 1. The van der Waals surface area contributed by atoms with Crippen LogP contribution in [0, 0.1) is 6.92 Å². The predicted octanol–water partition coefficient (Wildman–Crippen LogP) is 4.34. The Balaban J connectivity index is 1.36. The van der Waals surface area contributed by atoms with Gasteiger partial charge >= 0.3 is 0 Å². The van der Waals surface area contributed by atoms with Gasteiger partial charge in [-0.25, -0.2) is 0 Å². The standard InChI is InChI=1S/C22H23N3O3S/c1-15-3-7-17(8-4-15)21-23-24-22(28-21)29-14-20(26)25(18-9-10-18)13-16-5-11-19(27-2)12-6-16/h3-8,11-12,18H,9-10,13-14H2,1-2H3. The Morgan fingerprint density at radius 2 is 1.86 bits per heavy atom. The summed E-state index contributed by atoms with van der Waals surface area (Å²) in [6.07, 6.45) is 2.12. The maximum atomic E-state index is 12.8. The van der Waals surface area contributed by atoms with E-state index in [0.29, 0.717) is 23.7 Å². The highest BCUT2D eigenvalue weighted by molar-refractivity contribution is 7.99. The van der Waals surface area contributed by atoms with Crippen molar-refractivity contribution in [2.75, 3.05) is 12.9 Å². The zero-order valence-electron chi connectivity index (χ0n) is 16.5. The number of hydrogen-bond donors (Lipinski definition) is 0. The fraction of sp³-hybridized carbons (Fsp3) is 0.318. The van der Waals surface area contributed by atoms with Gasteiger partial charge < -0.3 is 14.1 Å². The van der Waals surface area contributed by atoms with Gasteiger partial charge in [0.1, 0.15) is 5.75 Å². The fourth-order valence-corrected chi connectivity index (χ4v) is 3.67. The van der Waals surface area contributed by atoms with Crippen molar-refractivity contribution < 1.29 is 13.9 Å². The topological polar surface area (TPSA) is 68.5 Å². The Kier molecular flexibility index (Phi) is 5.85. The monoisotopic (exact) mass is 409 g/mol. The highest BCUT2D eigenvalue weighted by atomic mass is 32.2. The Hall–Kier alpha value is -2.80. The van der Waals surface area contributed by atoms with Gasteiger partial charge in [0.05, 0.1) is 12.9 Å². The van der Waals surface area contributed by atoms with Crippen LogP contribution in [0.3, 0.4) is 0 Å². The van der Waals surface area contributed by atoms with Crippen molar-refractivity contribution in [1.29, 1.82) is 0 Å². The molecule has 0 N–H and O–H groups in total. The molecule has 6 nitrogen and oxygen atoms in total. The Labute approximate surface area is 174 Å². The number of nitrogens with zero attached hydrogens (tertiary/aromatic N) is 3. The molecule has 1 saturated carbocycles. The Bertz CT molecular complexity index is 966. The van der Waals surface area contributed by atoms with Gasteiger partial charge in [0, 0.05) is 18.2 Å². The molecule has 0 unspecified atom stereocenters. The fourth-order valence-electron chi connectivity index (χ4n) is 3.02. The van der Waals surface area contributed by atoms with E-state index in [1.165, 1.54) is 17.3 Å². The number of carbonyl (C=O) groups is 1. The van der Waals surface area contributed by atoms with Gasteiger partial charge in [0.15, 0.2) is 0 Å². The van der Waals surface area contributed by atoms with Gasteiger partial charge in [-0.1, -0.05) is 41.6 Å². The number of aryl methyl sites for hydroxylation is 1. The molecular weight excluding hydrogens is 386 g/mol. The van der Waals surface area contributed by atoms with Gasteiger partial charge in [0.2, 0.25) is 11.8 Å². The van der Waals surface area contributed by atoms with Crippen molar-refractivity contribution in [2.24, 2.45) is 0 Å². The van der Waals surface area contributed by atoms with Crippen LogP contribution in [0.1, 0.15) is 24.0 Å². The summed E-state index contributed by atoms with van der Waals surface area (Å²) in [5.74, 6) is 1.65. The van der Waals surface area contributed by atoms with E-state index in [4.69, 9.17) is 9.15 Å². The van der Waals surface area contributed by atoms with Gasteiger partial charge in [-0.3, -0.25) is 4.79 Å². The zero-order valence-corrected chi connectivity index (χ0v) is 17.3. The van der Waals surface area contributed by atoms with E-state index in [1.807, 2.05) is 60.4 Å². The molecule has 7 heteroatoms. The number of aromatic nitrogens is 2. The number of carbonyl (C=O) groups excluding carboxylic acids is 1. The van der Waals surface area contributed by atoms with Crippen LogP contribution in [0.15, 0.2) is 58.2 Å². The molecule has 0 bridgehead atoms. The maximum Gasteiger partial charge on any atom is 0.277 e. The van der Waals surface area contributed by atoms with E-state index in [1.54, 1.807) is 7.11 Å². The molecule has 150 valence electrons. The molecule has 2 aromatic carbocycles. The van der Waals surface area contributed by atoms with Gasteiger partial charge in [-0.15, -0.1) is 10.2 Å². The van der Waals surface area contributed by atoms with Crippen LogP contribution < -0.4 is 4.74 Å². The van der Waals surface area contributed by atoms with Crippen LogP contribution in [-0.4, -0.2) is 39.9 Å². The first kappa shape index (κ1) is 19.5. The Morgan fingerprint density at radius 1 is 1.14 bits per heavy atom. The third-order valence-electron chi connectivity index (χ3n) is 4.84. The minimum Gasteiger partial charge on any atom is -0.497 e. The maximum absolute atomic E-state index is 12.8. The molecule has 0 saturated heterocycles. The lowest BCUT2D eigenvalue weighted by molar-refractivity contribution is -0.129. The molecule has 0 aliphatic heterocycles. The summed E-state index contributed by atoms with van der Waals surface area (Å²) in [6, 6.07) is 16.1. The summed E-state index contributed by atoms with van der Waals surface area (Å²) in [6.45, 7) is 2.63. The first-order valence-corrected chi connectivity index (χ1v) is 10.6. The van der Waals surface area contributed by atoms with E-state index in [9.17, 15) is 4.79 Å². The minimum atomic E-state index is 0.0865. The summed E-state index contributed by atoms with van der Waals surface area (Å²) < 4.78 is 10.9. The van der Waals surface area contributed by atoms with Crippen molar-refractivity contribution in [3.05, 3.63) is 59.7 Å². The molecule has 1 amide bonds. The summed E-state index contributed by atoms with van der Waals surface area (Å²) in [7, 11) is 1.65. The Morgan fingerprint density at radius 3 is 2.52 bits per heavy atom. The summed E-state index contributed by atoms with van der Waals surface area (Å²) >= 11 is 1.29. The van der Waals surface area contributed by atoms with Gasteiger partial charge in [0.25, 0.3) is 5.22 Å². The SMILES string of the molecule is COc1ccc(CN(C(=O)CSc2nnc(-c3ccc(C)cc3)o2)C2CC2)cc1. The molecule has 0 radical (unpaired) electrons. The lowest BCUT2D eigenvalue weighted by atomic mass is 10.1. The predicted molar refractivity (Wildman–Crippen MR) is 112 cm³/mol. The molecular formula is C22H23N3O3S. The molecule has 0 atom stereocenters. The highest BCUT2D eigenvalue weighted by Gasteiger charge is 2.32. The third-order valence-corrected chi connectivity index (χ3v) is 5.65. The van der Waals surface area contributed by atoms with Crippen molar-refractivity contribution in [1.82, 2.24) is 15.1 Å². The van der Waals surface area contributed by atoms with Crippen LogP contribution in [0.25, 0.3) is 11.5 Å². The molecule has 1 aliphatic rings. The van der Waals surface area contributed by atoms with Crippen LogP contribution in [-0.2, 0) is 11.3 Å². The quantitative estimate of drug-likeness (QED) is 0.516. The molecule has 4 rings (SSSR count). The lowest BCUT2D eigenvalue weighted by Gasteiger charge is -2.22. The van der Waals surface area contributed by atoms with E-state index >= 15 is 0 Å². The van der Waals surface area contributed by atoms with Crippen molar-refractivity contribution in [2.45, 2.75) is 37.6 Å². The second kappa shape index (κ2) is 8.69. The molecule has 1 aromatic heterocycles. The largest absolute Gasteiger partial charge is 0.497 e. The van der Waals surface area contributed by atoms with Crippen LogP contribution in [0.5, 0.6) is 5.75 Å². The van der Waals surface area contributed by atoms with E-state index in [-0.39, 0.29) is 11.7 Å². The van der Waals surface area contributed by atoms with E-state index < -0.39 is 0 Å². The van der Waals surface area contributed by atoms with Crippen LogP contribution in [0.2, 0.25) is 0 Å². The molecule has 3 aromatic rings. The number of benzene rings is 2. The summed E-state index contributed by atoms with van der Waals surface area (Å²) in [5.41, 5.74) is 3.14. The molecule has 1 heterocycles. The van der Waals surface area contributed by atoms with Crippen molar-refractivity contribution in [3.8, 4) is 17.2 Å². The summed E-state index contributed by atoms with van der Waals surface area (Å²) in [5, 5.41) is 8.58. The molecule has 0 spiro atoms. The normalized spacial score (nSPS) is 13.3. The van der Waals surface area contributed by atoms with Crippen molar-refractivity contribution in [3.63, 3.8) is 0 Å². The highest BCUT2D eigenvalue weighted by Crippen LogP contribution is 2.30. The number of thioether (sulfide) groups is 1.